The van der Waals surface area contributed by atoms with Crippen LogP contribution in [0.5, 0.6) is 11.5 Å². The van der Waals surface area contributed by atoms with Crippen molar-refractivity contribution in [1.29, 1.82) is 5.26 Å². The molecule has 23 heteroatoms. The number of pyridine rings is 2. The van der Waals surface area contributed by atoms with Gasteiger partial charge < -0.3 is 24.7 Å². The van der Waals surface area contributed by atoms with Crippen LogP contribution in [0.2, 0.25) is 0 Å². The van der Waals surface area contributed by atoms with Crippen molar-refractivity contribution < 1.29 is 59.7 Å². The molecule has 2 aliphatic rings. The summed E-state index contributed by atoms with van der Waals surface area (Å²) in [4.78, 5) is 49.0. The summed E-state index contributed by atoms with van der Waals surface area (Å²) in [6.45, 7) is 9.71. The normalized spacial score (nSPS) is 18.7. The molecule has 4 aromatic heterocycles. The smallest absolute Gasteiger partial charge is 0.416 e. The van der Waals surface area contributed by atoms with Crippen LogP contribution in [0.4, 0.5) is 47.6 Å². The van der Waals surface area contributed by atoms with Crippen molar-refractivity contribution in [3.63, 3.8) is 0 Å². The summed E-state index contributed by atoms with van der Waals surface area (Å²) < 4.78 is 109. The van der Waals surface area contributed by atoms with Crippen molar-refractivity contribution in [1.82, 2.24) is 30.4 Å². The van der Waals surface area contributed by atoms with Crippen LogP contribution in [0, 0.1) is 34.6 Å². The molecule has 0 spiro atoms. The number of hydrogen-bond donors (Lipinski definition) is 1. The highest BCUT2D eigenvalue weighted by molar-refractivity contribution is 5.98. The lowest BCUT2D eigenvalue weighted by molar-refractivity contribution is 0.0501. The van der Waals surface area contributed by atoms with E-state index in [0.29, 0.717) is 0 Å². The Bertz CT molecular complexity index is 3190. The van der Waals surface area contributed by atoms with E-state index in [9.17, 15) is 46.0 Å². The minimum absolute atomic E-state index is 0.00158. The fourth-order valence-electron chi connectivity index (χ4n) is 9.15. The number of carbonyl (C=O) groups is 3. The fourth-order valence-corrected chi connectivity index (χ4v) is 9.15. The van der Waals surface area contributed by atoms with Gasteiger partial charge in [-0.05, 0) is 140 Å². The van der Waals surface area contributed by atoms with Crippen LogP contribution in [-0.4, -0.2) is 99.3 Å². The van der Waals surface area contributed by atoms with E-state index in [1.165, 1.54) is 87.3 Å². The van der Waals surface area contributed by atoms with Gasteiger partial charge in [-0.2, -0.15) is 5.26 Å². The third kappa shape index (κ3) is 12.3. The number of nitriles is 1. The van der Waals surface area contributed by atoms with Crippen LogP contribution in [-0.2, 0) is 20.3 Å². The second kappa shape index (κ2) is 22.4. The molecule has 2 fully saturated rings. The topological polar surface area (TPSA) is 222 Å². The van der Waals surface area contributed by atoms with Gasteiger partial charge in [0.15, 0.2) is 11.6 Å². The number of amides is 3. The SMILES string of the molecule is COc1c(C#N)ccc(F)c1-c1ccc(N(CC2(c3ncccc3F)CC(F)C2)C(=O)OC(C)(C)C)nn1.COc1c(C(N)=O)ccc(F)c1-c1ccc(N(CC2(c3ncccc3F)CC(F)C2)C(=O)OC(C)(C)C)nn1. The van der Waals surface area contributed by atoms with Crippen molar-refractivity contribution in [2.45, 2.75) is 102 Å². The number of ether oxygens (including phenoxy) is 4. The maximum Gasteiger partial charge on any atom is 0.416 e. The summed E-state index contributed by atoms with van der Waals surface area (Å²) in [5.41, 5.74) is 1.35. The average molecular weight is 1070 g/mol. The molecule has 0 radical (unpaired) electrons. The molecule has 17 nitrogen and oxygen atoms in total. The number of rotatable bonds is 13. The zero-order valence-corrected chi connectivity index (χ0v) is 43.2. The summed E-state index contributed by atoms with van der Waals surface area (Å²) in [5.74, 6) is -3.58. The monoisotopic (exact) mass is 1070 g/mol. The van der Waals surface area contributed by atoms with Gasteiger partial charge in [0, 0.05) is 36.3 Å². The van der Waals surface area contributed by atoms with E-state index < -0.39 is 75.7 Å². The third-order valence-electron chi connectivity index (χ3n) is 12.5. The number of halogens is 6. The standard InChI is InChI=1S/C27H28F3N5O4.C27H26F3N5O3/c1-26(2,3)39-25(37)35(14-27(12-15(28)13-27)23-18(30)6-5-11-32-23)20-10-9-19(33-34-20)21-17(29)8-7-16(24(31)36)22(21)38-4;1-26(2,3)38-25(36)35(15-27(12-17(28)13-27)24-19(30)6-5-11-32-24)21-10-9-20(33-34-21)22-18(29)8-7-16(14-31)23(22)37-4/h5-11,15H,12-14H2,1-4H3,(H2,31,36);5-11,17H,12-13,15H2,1-4H3. The highest BCUT2D eigenvalue weighted by atomic mass is 19.2. The Labute approximate surface area is 439 Å². The van der Waals surface area contributed by atoms with Crippen LogP contribution in [0.15, 0.2) is 85.2 Å². The first-order chi connectivity index (χ1) is 36.3. The van der Waals surface area contributed by atoms with Gasteiger partial charge in [-0.3, -0.25) is 24.6 Å². The van der Waals surface area contributed by atoms with Crippen molar-refractivity contribution in [3.05, 3.63) is 131 Å². The van der Waals surface area contributed by atoms with Crippen LogP contribution in [0.1, 0.15) is 94.5 Å². The predicted octanol–water partition coefficient (Wildman–Crippen LogP) is 10.2. The molecular formula is C54H54F6N10O7. The van der Waals surface area contributed by atoms with E-state index in [0.717, 1.165) is 21.9 Å². The van der Waals surface area contributed by atoms with Gasteiger partial charge in [0.25, 0.3) is 5.91 Å². The lowest BCUT2D eigenvalue weighted by Gasteiger charge is -2.46. The Balaban J connectivity index is 0.000000224. The maximum absolute atomic E-state index is 14.8. The molecule has 0 saturated heterocycles. The predicted molar refractivity (Wildman–Crippen MR) is 268 cm³/mol. The summed E-state index contributed by atoms with van der Waals surface area (Å²) in [7, 11) is 2.56. The number of nitrogens with zero attached hydrogens (tertiary/aromatic N) is 9. The molecule has 2 aromatic carbocycles. The molecule has 0 bridgehead atoms. The Morgan fingerprint density at radius 3 is 1.38 bits per heavy atom. The van der Waals surface area contributed by atoms with Gasteiger partial charge in [0.2, 0.25) is 0 Å². The molecule has 0 atom stereocenters. The first-order valence-electron chi connectivity index (χ1n) is 24.0. The van der Waals surface area contributed by atoms with Crippen molar-refractivity contribution in [3.8, 4) is 40.1 Å². The summed E-state index contributed by atoms with van der Waals surface area (Å²) in [6.07, 6.45) is -1.40. The molecule has 0 unspecified atom stereocenters. The first-order valence-corrected chi connectivity index (χ1v) is 24.0. The lowest BCUT2D eigenvalue weighted by atomic mass is 9.64. The van der Waals surface area contributed by atoms with E-state index >= 15 is 0 Å². The molecule has 404 valence electrons. The van der Waals surface area contributed by atoms with Gasteiger partial charge in [-0.1, -0.05) is 0 Å². The van der Waals surface area contributed by atoms with Crippen molar-refractivity contribution in [2.75, 3.05) is 37.1 Å². The second-order valence-electron chi connectivity index (χ2n) is 20.4. The summed E-state index contributed by atoms with van der Waals surface area (Å²) >= 11 is 0. The maximum atomic E-state index is 14.8. The molecule has 3 amide bonds. The van der Waals surface area contributed by atoms with Crippen LogP contribution in [0.3, 0.4) is 0 Å². The number of methoxy groups -OCH3 is 2. The van der Waals surface area contributed by atoms with Gasteiger partial charge in [-0.15, -0.1) is 20.4 Å². The number of carbonyl (C=O) groups excluding carboxylic acids is 3. The number of hydrogen-bond acceptors (Lipinski definition) is 14. The average Bonchev–Trinajstić information content (AvgIpc) is 3.39. The van der Waals surface area contributed by atoms with Crippen LogP contribution < -0.4 is 25.0 Å². The number of anilines is 2. The van der Waals surface area contributed by atoms with Crippen molar-refractivity contribution in [2.24, 2.45) is 5.73 Å². The van der Waals surface area contributed by atoms with Crippen molar-refractivity contribution >= 4 is 29.7 Å². The minimum Gasteiger partial charge on any atom is -0.495 e. The molecule has 6 aromatic rings. The van der Waals surface area contributed by atoms with Gasteiger partial charge in [-0.25, -0.2) is 35.9 Å². The molecule has 77 heavy (non-hydrogen) atoms. The number of benzene rings is 2. The van der Waals surface area contributed by atoms with Crippen LogP contribution in [0.25, 0.3) is 22.5 Å². The van der Waals surface area contributed by atoms with Gasteiger partial charge >= 0.3 is 12.2 Å². The highest BCUT2D eigenvalue weighted by Crippen LogP contribution is 2.48. The molecule has 2 saturated carbocycles. The number of alkyl halides is 2. The molecular weight excluding hydrogens is 1010 g/mol. The number of primary amides is 1. The molecule has 2 aliphatic carbocycles. The highest BCUT2D eigenvalue weighted by Gasteiger charge is 2.52. The summed E-state index contributed by atoms with van der Waals surface area (Å²) in [5, 5.41) is 25.7. The minimum atomic E-state index is -1.20. The van der Waals surface area contributed by atoms with E-state index in [1.807, 2.05) is 6.07 Å². The van der Waals surface area contributed by atoms with Crippen LogP contribution >= 0.6 is 0 Å². The van der Waals surface area contributed by atoms with E-state index in [4.69, 9.17) is 24.7 Å². The fraction of sp³-hybridized carbons (Fsp3) is 0.370. The Morgan fingerprint density at radius 1 is 0.623 bits per heavy atom. The Hall–Kier alpha value is -8.42. The third-order valence-corrected chi connectivity index (χ3v) is 12.5. The number of aromatic nitrogens is 6. The molecule has 0 aliphatic heterocycles. The van der Waals surface area contributed by atoms with Gasteiger partial charge in [0.05, 0.1) is 59.2 Å². The quantitative estimate of drug-likeness (QED) is 0.106. The molecule has 2 N–H and O–H groups in total. The van der Waals surface area contributed by atoms with E-state index in [1.54, 1.807) is 41.5 Å². The van der Waals surface area contributed by atoms with E-state index in [-0.39, 0.29) is 107 Å². The first kappa shape index (κ1) is 56.3. The molecule has 8 rings (SSSR count). The van der Waals surface area contributed by atoms with Gasteiger partial charge in [0.1, 0.15) is 64.4 Å². The molecule has 4 heterocycles. The number of nitrogens with two attached hydrogens (primary N) is 1. The Morgan fingerprint density at radius 2 is 1.04 bits per heavy atom. The second-order valence-corrected chi connectivity index (χ2v) is 20.4. The zero-order chi connectivity index (χ0) is 56.2. The lowest BCUT2D eigenvalue weighted by Crippen LogP contribution is -2.54. The largest absolute Gasteiger partial charge is 0.495 e. The zero-order valence-electron chi connectivity index (χ0n) is 43.2. The van der Waals surface area contributed by atoms with E-state index in [2.05, 4.69) is 30.4 Å². The summed E-state index contributed by atoms with van der Waals surface area (Å²) in [6, 6.07) is 17.5. The Kier molecular flexibility index (Phi) is 16.4.